The molecular formula is C19H26F2O. The highest BCUT2D eigenvalue weighted by Gasteiger charge is 2.23. The van der Waals surface area contributed by atoms with Crippen molar-refractivity contribution >= 4 is 5.78 Å². The van der Waals surface area contributed by atoms with Crippen LogP contribution in [-0.2, 0) is 11.2 Å². The van der Waals surface area contributed by atoms with Crippen molar-refractivity contribution in [2.45, 2.75) is 53.4 Å². The molecule has 122 valence electrons. The molecule has 0 aliphatic rings. The monoisotopic (exact) mass is 308 g/mol. The second kappa shape index (κ2) is 7.66. The van der Waals surface area contributed by atoms with E-state index >= 15 is 0 Å². The van der Waals surface area contributed by atoms with Crippen LogP contribution in [0.5, 0.6) is 0 Å². The van der Waals surface area contributed by atoms with Crippen LogP contribution in [0.4, 0.5) is 8.78 Å². The summed E-state index contributed by atoms with van der Waals surface area (Å²) in [5.74, 6) is -1.09. The first kappa shape index (κ1) is 18.5. The summed E-state index contributed by atoms with van der Waals surface area (Å²) in [6.45, 7) is 11.9. The molecule has 0 aliphatic carbocycles. The van der Waals surface area contributed by atoms with Crippen molar-refractivity contribution in [1.29, 1.82) is 0 Å². The minimum Gasteiger partial charge on any atom is -0.299 e. The summed E-state index contributed by atoms with van der Waals surface area (Å²) in [6.07, 6.45) is 2.21. The molecule has 0 radical (unpaired) electrons. The van der Waals surface area contributed by atoms with Crippen molar-refractivity contribution < 1.29 is 13.6 Å². The number of hydrogen-bond donors (Lipinski definition) is 0. The van der Waals surface area contributed by atoms with E-state index in [1.807, 2.05) is 27.7 Å². The van der Waals surface area contributed by atoms with Crippen LogP contribution in [0, 0.1) is 23.0 Å². The first-order valence-electron chi connectivity index (χ1n) is 7.69. The molecule has 3 heteroatoms. The third-order valence-electron chi connectivity index (χ3n) is 3.46. The second-order valence-corrected chi connectivity index (χ2v) is 7.38. The molecule has 0 spiro atoms. The lowest BCUT2D eigenvalue weighted by Crippen LogP contribution is -2.22. The average molecular weight is 308 g/mol. The molecule has 0 aromatic heterocycles. The zero-order valence-electron chi connectivity index (χ0n) is 14.0. The summed E-state index contributed by atoms with van der Waals surface area (Å²) in [5, 5.41) is 0. The number of Topliss-reactive ketones (excluding diaryl/α,β-unsaturated/α-hetero) is 1. The molecule has 1 unspecified atom stereocenters. The largest absolute Gasteiger partial charge is 0.299 e. The Kier molecular flexibility index (Phi) is 6.46. The van der Waals surface area contributed by atoms with Crippen molar-refractivity contribution in [2.75, 3.05) is 0 Å². The second-order valence-electron chi connectivity index (χ2n) is 7.38. The Morgan fingerprint density at radius 3 is 2.18 bits per heavy atom. The van der Waals surface area contributed by atoms with Crippen molar-refractivity contribution in [3.05, 3.63) is 47.5 Å². The first-order valence-corrected chi connectivity index (χ1v) is 7.69. The number of benzene rings is 1. The van der Waals surface area contributed by atoms with Gasteiger partial charge in [-0.05, 0) is 49.3 Å². The number of halogens is 2. The van der Waals surface area contributed by atoms with E-state index in [1.54, 1.807) is 0 Å². The van der Waals surface area contributed by atoms with E-state index in [-0.39, 0.29) is 17.1 Å². The maximum absolute atomic E-state index is 13.2. The van der Waals surface area contributed by atoms with Crippen LogP contribution in [-0.4, -0.2) is 5.78 Å². The number of carbonyl (C=O) groups is 1. The zero-order valence-corrected chi connectivity index (χ0v) is 14.0. The number of rotatable bonds is 7. The molecule has 22 heavy (non-hydrogen) atoms. The lowest BCUT2D eigenvalue weighted by molar-refractivity contribution is -0.124. The van der Waals surface area contributed by atoms with Crippen LogP contribution < -0.4 is 0 Å². The van der Waals surface area contributed by atoms with Crippen LogP contribution in [0.2, 0.25) is 0 Å². The molecule has 1 nitrogen and oxygen atoms in total. The minimum absolute atomic E-state index is 0.0601. The molecule has 1 rings (SSSR count). The summed E-state index contributed by atoms with van der Waals surface area (Å²) in [7, 11) is 0. The molecule has 0 saturated carbocycles. The highest BCUT2D eigenvalue weighted by molar-refractivity contribution is 5.81. The van der Waals surface area contributed by atoms with Crippen LogP contribution in [0.25, 0.3) is 0 Å². The van der Waals surface area contributed by atoms with Crippen LogP contribution in [0.15, 0.2) is 30.4 Å². The van der Waals surface area contributed by atoms with E-state index in [9.17, 15) is 13.6 Å². The summed E-state index contributed by atoms with van der Waals surface area (Å²) < 4.78 is 26.4. The molecule has 0 saturated heterocycles. The van der Waals surface area contributed by atoms with E-state index in [2.05, 4.69) is 6.58 Å². The van der Waals surface area contributed by atoms with Gasteiger partial charge in [-0.25, -0.2) is 8.78 Å². The van der Waals surface area contributed by atoms with E-state index in [0.29, 0.717) is 31.2 Å². The molecule has 0 heterocycles. The molecule has 1 atom stereocenters. The molecule has 0 N–H and O–H groups in total. The lowest BCUT2D eigenvalue weighted by Gasteiger charge is -2.22. The third-order valence-corrected chi connectivity index (χ3v) is 3.46. The van der Waals surface area contributed by atoms with Gasteiger partial charge in [0.2, 0.25) is 0 Å². The van der Waals surface area contributed by atoms with Crippen molar-refractivity contribution in [3.8, 4) is 0 Å². The topological polar surface area (TPSA) is 17.1 Å². The first-order chi connectivity index (χ1) is 10.1. The average Bonchev–Trinajstić information content (AvgIpc) is 2.30. The standard InChI is InChI=1S/C19H26F2O/c1-13(2)8-15(18(22)12-19(3,4)5)7-6-14-9-16(20)11-17(21)10-14/h9-11,15H,1,6-8,12H2,2-5H3. The van der Waals surface area contributed by atoms with Crippen LogP contribution >= 0.6 is 0 Å². The van der Waals surface area contributed by atoms with Gasteiger partial charge in [-0.2, -0.15) is 0 Å². The predicted molar refractivity (Wildman–Crippen MR) is 86.7 cm³/mol. The Hall–Kier alpha value is -1.51. The zero-order chi connectivity index (χ0) is 16.9. The van der Waals surface area contributed by atoms with Gasteiger partial charge in [-0.15, -0.1) is 6.58 Å². The molecule has 1 aromatic carbocycles. The molecule has 0 aliphatic heterocycles. The van der Waals surface area contributed by atoms with Crippen LogP contribution in [0.3, 0.4) is 0 Å². The fraction of sp³-hybridized carbons (Fsp3) is 0.526. The Labute approximate surface area is 132 Å². The number of allylic oxidation sites excluding steroid dienone is 1. The number of aryl methyl sites for hydroxylation is 1. The highest BCUT2D eigenvalue weighted by atomic mass is 19.1. The third kappa shape index (κ3) is 6.97. The predicted octanol–water partition coefficient (Wildman–Crippen LogP) is 5.49. The fourth-order valence-electron chi connectivity index (χ4n) is 2.56. The van der Waals surface area contributed by atoms with E-state index in [1.165, 1.54) is 12.1 Å². The van der Waals surface area contributed by atoms with Crippen molar-refractivity contribution in [3.63, 3.8) is 0 Å². The summed E-state index contributed by atoms with van der Waals surface area (Å²) in [5.41, 5.74) is 1.49. The summed E-state index contributed by atoms with van der Waals surface area (Å²) >= 11 is 0. The Balaban J connectivity index is 2.76. The van der Waals surface area contributed by atoms with Gasteiger partial charge in [0, 0.05) is 18.4 Å². The number of carbonyl (C=O) groups excluding carboxylic acids is 1. The van der Waals surface area contributed by atoms with E-state index in [4.69, 9.17) is 0 Å². The fourth-order valence-corrected chi connectivity index (χ4v) is 2.56. The normalized spacial score (nSPS) is 13.0. The Morgan fingerprint density at radius 1 is 1.18 bits per heavy atom. The van der Waals surface area contributed by atoms with E-state index in [0.717, 1.165) is 11.6 Å². The molecule has 0 fully saturated rings. The molecule has 0 bridgehead atoms. The van der Waals surface area contributed by atoms with Crippen molar-refractivity contribution in [2.24, 2.45) is 11.3 Å². The maximum atomic E-state index is 13.2. The Bertz CT molecular complexity index is 521. The van der Waals surface area contributed by atoms with Gasteiger partial charge in [0.15, 0.2) is 0 Å². The highest BCUT2D eigenvalue weighted by Crippen LogP contribution is 2.26. The Morgan fingerprint density at radius 2 is 1.73 bits per heavy atom. The molecule has 1 aromatic rings. The number of ketones is 1. The van der Waals surface area contributed by atoms with Gasteiger partial charge in [-0.1, -0.05) is 26.3 Å². The van der Waals surface area contributed by atoms with Gasteiger partial charge in [-0.3, -0.25) is 4.79 Å². The summed E-state index contributed by atoms with van der Waals surface area (Å²) in [6, 6.07) is 3.52. The molecular weight excluding hydrogens is 282 g/mol. The molecule has 0 amide bonds. The van der Waals surface area contributed by atoms with Gasteiger partial charge >= 0.3 is 0 Å². The number of hydrogen-bond acceptors (Lipinski definition) is 1. The van der Waals surface area contributed by atoms with Gasteiger partial charge in [0.25, 0.3) is 0 Å². The smallest absolute Gasteiger partial charge is 0.136 e. The van der Waals surface area contributed by atoms with Gasteiger partial charge < -0.3 is 0 Å². The maximum Gasteiger partial charge on any atom is 0.136 e. The quantitative estimate of drug-likeness (QED) is 0.609. The van der Waals surface area contributed by atoms with E-state index < -0.39 is 11.6 Å². The minimum atomic E-state index is -0.576. The van der Waals surface area contributed by atoms with Gasteiger partial charge in [0.1, 0.15) is 17.4 Å². The SMILES string of the molecule is C=C(C)CC(CCc1cc(F)cc(F)c1)C(=O)CC(C)(C)C. The lowest BCUT2D eigenvalue weighted by atomic mass is 9.81. The van der Waals surface area contributed by atoms with Crippen LogP contribution in [0.1, 0.15) is 52.5 Å². The van der Waals surface area contributed by atoms with Crippen molar-refractivity contribution in [1.82, 2.24) is 0 Å². The van der Waals surface area contributed by atoms with Gasteiger partial charge in [0.05, 0.1) is 0 Å². The summed E-state index contributed by atoms with van der Waals surface area (Å²) in [4.78, 5) is 12.5.